The molecule has 0 saturated carbocycles. The number of aryl methyl sites for hydroxylation is 1. The molecule has 2 rings (SSSR count). The summed E-state index contributed by atoms with van der Waals surface area (Å²) >= 11 is 0. The molecular formula is C24H32N2O3. The van der Waals surface area contributed by atoms with Crippen LogP contribution in [0, 0.1) is 6.92 Å². The molecule has 156 valence electrons. The number of carbonyl (C=O) groups excluding carboxylic acids is 2. The summed E-state index contributed by atoms with van der Waals surface area (Å²) < 4.78 is 5.37. The minimum absolute atomic E-state index is 0.0299. The molecule has 1 atom stereocenters. The van der Waals surface area contributed by atoms with E-state index in [0.29, 0.717) is 18.5 Å². The first kappa shape index (κ1) is 22.5. The van der Waals surface area contributed by atoms with Crippen LogP contribution in [0.5, 0.6) is 5.75 Å². The Hall–Kier alpha value is -2.82. The van der Waals surface area contributed by atoms with Gasteiger partial charge in [-0.1, -0.05) is 50.6 Å². The van der Waals surface area contributed by atoms with Gasteiger partial charge in [0.15, 0.2) is 0 Å². The predicted molar refractivity (Wildman–Crippen MR) is 117 cm³/mol. The molecule has 0 saturated heterocycles. The first-order valence-electron chi connectivity index (χ1n) is 9.94. The van der Waals surface area contributed by atoms with Gasteiger partial charge in [0, 0.05) is 12.1 Å². The van der Waals surface area contributed by atoms with E-state index in [1.165, 1.54) is 0 Å². The molecule has 0 radical (unpaired) electrons. The second-order valence-corrected chi connectivity index (χ2v) is 8.38. The molecule has 0 spiro atoms. The zero-order valence-electron chi connectivity index (χ0n) is 18.3. The van der Waals surface area contributed by atoms with E-state index in [-0.39, 0.29) is 17.2 Å². The van der Waals surface area contributed by atoms with Gasteiger partial charge in [-0.05, 0) is 55.0 Å². The third kappa shape index (κ3) is 6.34. The van der Waals surface area contributed by atoms with Crippen LogP contribution in [-0.4, -0.2) is 31.5 Å². The average Bonchev–Trinajstić information content (AvgIpc) is 2.67. The number of hydrogen-bond acceptors (Lipinski definition) is 3. The molecule has 0 fully saturated rings. The number of methoxy groups -OCH3 is 1. The van der Waals surface area contributed by atoms with Crippen LogP contribution in [0.1, 0.15) is 54.7 Å². The van der Waals surface area contributed by atoms with Crippen LogP contribution in [0.15, 0.2) is 42.5 Å². The summed E-state index contributed by atoms with van der Waals surface area (Å²) in [5.41, 5.74) is 3.92. The summed E-state index contributed by atoms with van der Waals surface area (Å²) in [7, 11) is 1.64. The fraction of sp³-hybridized carbons (Fsp3) is 0.417. The van der Waals surface area contributed by atoms with Gasteiger partial charge in [-0.3, -0.25) is 9.59 Å². The highest BCUT2D eigenvalue weighted by atomic mass is 16.5. The maximum absolute atomic E-state index is 12.4. The topological polar surface area (TPSA) is 67.4 Å². The maximum Gasteiger partial charge on any atom is 0.251 e. The van der Waals surface area contributed by atoms with Crippen LogP contribution in [0.4, 0.5) is 0 Å². The fourth-order valence-corrected chi connectivity index (χ4v) is 3.04. The molecule has 2 amide bonds. The highest BCUT2D eigenvalue weighted by Crippen LogP contribution is 2.22. The van der Waals surface area contributed by atoms with Gasteiger partial charge < -0.3 is 15.4 Å². The number of carbonyl (C=O) groups is 2. The summed E-state index contributed by atoms with van der Waals surface area (Å²) in [6.07, 6.45) is 0.658. The molecule has 0 aliphatic carbocycles. The minimum Gasteiger partial charge on any atom is -0.496 e. The van der Waals surface area contributed by atoms with E-state index >= 15 is 0 Å². The molecule has 0 aliphatic heterocycles. The molecule has 0 aliphatic rings. The van der Waals surface area contributed by atoms with Crippen LogP contribution in [-0.2, 0) is 16.6 Å². The van der Waals surface area contributed by atoms with Crippen molar-refractivity contribution in [1.29, 1.82) is 0 Å². The zero-order valence-corrected chi connectivity index (χ0v) is 18.3. The van der Waals surface area contributed by atoms with E-state index in [9.17, 15) is 9.59 Å². The summed E-state index contributed by atoms with van der Waals surface area (Å²) in [4.78, 5) is 24.8. The Morgan fingerprint density at radius 1 is 1.07 bits per heavy atom. The number of ether oxygens (including phenoxy) is 1. The summed E-state index contributed by atoms with van der Waals surface area (Å²) in [6.45, 7) is 10.6. The van der Waals surface area contributed by atoms with E-state index in [0.717, 1.165) is 22.4 Å². The van der Waals surface area contributed by atoms with Crippen LogP contribution in [0.25, 0.3) is 0 Å². The number of benzene rings is 2. The van der Waals surface area contributed by atoms with Crippen molar-refractivity contribution >= 4 is 11.8 Å². The van der Waals surface area contributed by atoms with Gasteiger partial charge in [-0.2, -0.15) is 0 Å². The Morgan fingerprint density at radius 3 is 2.31 bits per heavy atom. The lowest BCUT2D eigenvalue weighted by atomic mass is 9.86. The highest BCUT2D eigenvalue weighted by molar-refractivity contribution is 5.97. The number of hydrogen-bond donors (Lipinski definition) is 2. The van der Waals surface area contributed by atoms with Crippen molar-refractivity contribution < 1.29 is 14.3 Å². The summed E-state index contributed by atoms with van der Waals surface area (Å²) in [6, 6.07) is 12.9. The van der Waals surface area contributed by atoms with Crippen LogP contribution in [0.3, 0.4) is 0 Å². The maximum atomic E-state index is 12.4. The van der Waals surface area contributed by atoms with Crippen LogP contribution in [0.2, 0.25) is 0 Å². The van der Waals surface area contributed by atoms with E-state index in [1.807, 2.05) is 31.2 Å². The van der Waals surface area contributed by atoms with Gasteiger partial charge >= 0.3 is 0 Å². The van der Waals surface area contributed by atoms with Gasteiger partial charge in [-0.15, -0.1) is 0 Å². The zero-order chi connectivity index (χ0) is 21.6. The number of rotatable bonds is 7. The van der Waals surface area contributed by atoms with Crippen molar-refractivity contribution in [2.45, 2.75) is 52.5 Å². The van der Waals surface area contributed by atoms with Gasteiger partial charge in [0.05, 0.1) is 7.11 Å². The Balaban J connectivity index is 1.87. The van der Waals surface area contributed by atoms with Crippen molar-refractivity contribution in [3.63, 3.8) is 0 Å². The Bertz CT molecular complexity index is 851. The van der Waals surface area contributed by atoms with E-state index < -0.39 is 6.04 Å². The van der Waals surface area contributed by atoms with Gasteiger partial charge in [0.2, 0.25) is 5.91 Å². The summed E-state index contributed by atoms with van der Waals surface area (Å²) in [5, 5.41) is 5.64. The van der Waals surface area contributed by atoms with Crippen molar-refractivity contribution in [2.75, 3.05) is 13.7 Å². The van der Waals surface area contributed by atoms with Crippen molar-refractivity contribution in [3.05, 3.63) is 64.7 Å². The Labute approximate surface area is 173 Å². The third-order valence-electron chi connectivity index (χ3n) is 4.88. The lowest BCUT2D eigenvalue weighted by Gasteiger charge is -2.19. The van der Waals surface area contributed by atoms with Gasteiger partial charge in [-0.25, -0.2) is 0 Å². The SMILES string of the molecule is COc1ccc(C)cc1CCNC(=O)[C@H](C)NC(=O)c1ccc(C(C)(C)C)cc1. The van der Waals surface area contributed by atoms with Crippen molar-refractivity contribution in [2.24, 2.45) is 0 Å². The third-order valence-corrected chi connectivity index (χ3v) is 4.88. The van der Waals surface area contributed by atoms with Crippen molar-refractivity contribution in [1.82, 2.24) is 10.6 Å². The molecule has 0 aromatic heterocycles. The quantitative estimate of drug-likeness (QED) is 0.748. The van der Waals surface area contributed by atoms with Crippen molar-refractivity contribution in [3.8, 4) is 5.75 Å². The number of amides is 2. The molecule has 0 heterocycles. The lowest BCUT2D eigenvalue weighted by Crippen LogP contribution is -2.45. The van der Waals surface area contributed by atoms with E-state index in [1.54, 1.807) is 26.2 Å². The number of nitrogens with one attached hydrogen (secondary N) is 2. The summed E-state index contributed by atoms with van der Waals surface area (Å²) in [5.74, 6) is 0.342. The monoisotopic (exact) mass is 396 g/mol. The highest BCUT2D eigenvalue weighted by Gasteiger charge is 2.18. The minimum atomic E-state index is -0.621. The van der Waals surface area contributed by atoms with E-state index in [2.05, 4.69) is 37.5 Å². The molecular weight excluding hydrogens is 364 g/mol. The molecule has 29 heavy (non-hydrogen) atoms. The fourth-order valence-electron chi connectivity index (χ4n) is 3.04. The molecule has 5 heteroatoms. The Kier molecular flexibility index (Phi) is 7.43. The normalized spacial score (nSPS) is 12.2. The second kappa shape index (κ2) is 9.59. The van der Waals surface area contributed by atoms with Crippen LogP contribution < -0.4 is 15.4 Å². The second-order valence-electron chi connectivity index (χ2n) is 8.38. The van der Waals surface area contributed by atoms with Gasteiger partial charge in [0.1, 0.15) is 11.8 Å². The van der Waals surface area contributed by atoms with Crippen LogP contribution >= 0.6 is 0 Å². The molecule has 2 aromatic carbocycles. The van der Waals surface area contributed by atoms with E-state index in [4.69, 9.17) is 4.74 Å². The standard InChI is InChI=1S/C24H32N2O3/c1-16-7-12-21(29-6)19(15-16)13-14-25-22(27)17(2)26-23(28)18-8-10-20(11-9-18)24(3,4)5/h7-12,15,17H,13-14H2,1-6H3,(H,25,27)(H,26,28)/t17-/m0/s1. The first-order chi connectivity index (χ1) is 13.6. The average molecular weight is 397 g/mol. The molecule has 0 bridgehead atoms. The van der Waals surface area contributed by atoms with Gasteiger partial charge in [0.25, 0.3) is 5.91 Å². The lowest BCUT2D eigenvalue weighted by molar-refractivity contribution is -0.122. The molecule has 2 N–H and O–H groups in total. The molecule has 5 nitrogen and oxygen atoms in total. The Morgan fingerprint density at radius 2 is 1.72 bits per heavy atom. The molecule has 2 aromatic rings. The predicted octanol–water partition coefficient (Wildman–Crippen LogP) is 3.78. The molecule has 0 unspecified atom stereocenters. The first-order valence-corrected chi connectivity index (χ1v) is 9.94. The largest absolute Gasteiger partial charge is 0.496 e. The smallest absolute Gasteiger partial charge is 0.251 e.